The van der Waals surface area contributed by atoms with Gasteiger partial charge >= 0.3 is 0 Å². The Balaban J connectivity index is 2.00. The number of aromatic nitrogens is 2. The van der Waals surface area contributed by atoms with Crippen LogP contribution in [0.25, 0.3) is 5.69 Å². The van der Waals surface area contributed by atoms with Gasteiger partial charge < -0.3 is 5.32 Å². The fraction of sp³-hybridized carbons (Fsp3) is 0.474. The summed E-state index contributed by atoms with van der Waals surface area (Å²) < 4.78 is 15.0. The second-order valence-electron chi connectivity index (χ2n) is 6.83. The Kier molecular flexibility index (Phi) is 4.97. The van der Waals surface area contributed by atoms with Gasteiger partial charge in [0.1, 0.15) is 5.82 Å². The summed E-state index contributed by atoms with van der Waals surface area (Å²) in [6.07, 6.45) is 5.10. The van der Waals surface area contributed by atoms with Crippen LogP contribution in [-0.2, 0) is 12.8 Å². The summed E-state index contributed by atoms with van der Waals surface area (Å²) in [5.41, 5.74) is 3.47. The minimum Gasteiger partial charge on any atom is -0.350 e. The molecule has 0 bridgehead atoms. The number of nitrogens with zero attached hydrogens (tertiary/aromatic N) is 2. The molecule has 0 saturated carbocycles. The number of carbonyl (C=O) groups is 1. The average molecular weight is 329 g/mol. The molecule has 0 radical (unpaired) electrons. The predicted molar refractivity (Wildman–Crippen MR) is 92.0 cm³/mol. The van der Waals surface area contributed by atoms with Crippen molar-refractivity contribution in [2.45, 2.75) is 46.0 Å². The van der Waals surface area contributed by atoms with Crippen LogP contribution < -0.4 is 5.32 Å². The van der Waals surface area contributed by atoms with Crippen LogP contribution in [0, 0.1) is 11.7 Å². The second-order valence-corrected chi connectivity index (χ2v) is 6.83. The van der Waals surface area contributed by atoms with E-state index in [2.05, 4.69) is 24.3 Å². The highest BCUT2D eigenvalue weighted by molar-refractivity contribution is 5.94. The van der Waals surface area contributed by atoms with E-state index in [1.807, 2.05) is 4.68 Å². The lowest BCUT2D eigenvalue weighted by Gasteiger charge is -2.07. The number of nitrogens with one attached hydrogen (secondary N) is 1. The molecule has 0 atom stereocenters. The van der Waals surface area contributed by atoms with Crippen molar-refractivity contribution in [2.24, 2.45) is 5.92 Å². The van der Waals surface area contributed by atoms with Crippen molar-refractivity contribution in [3.8, 4) is 5.69 Å². The van der Waals surface area contributed by atoms with Crippen LogP contribution in [0.2, 0.25) is 0 Å². The Morgan fingerprint density at radius 3 is 2.62 bits per heavy atom. The lowest BCUT2D eigenvalue weighted by molar-refractivity contribution is 0.0942. The SMILES string of the molecule is CC(C)CNC(=O)c1nn(-c2ccc(F)cc2)c2c1CCCCC2. The minimum atomic E-state index is -0.271. The van der Waals surface area contributed by atoms with Crippen molar-refractivity contribution < 1.29 is 9.18 Å². The molecule has 1 aromatic carbocycles. The first-order chi connectivity index (χ1) is 11.6. The molecule has 24 heavy (non-hydrogen) atoms. The summed E-state index contributed by atoms with van der Waals surface area (Å²) in [6, 6.07) is 6.28. The van der Waals surface area contributed by atoms with Crippen LogP contribution in [0.1, 0.15) is 54.9 Å². The largest absolute Gasteiger partial charge is 0.350 e. The van der Waals surface area contributed by atoms with Gasteiger partial charge in [0.05, 0.1) is 5.69 Å². The number of amides is 1. The number of carbonyl (C=O) groups excluding carboxylic acids is 1. The molecule has 0 fully saturated rings. The lowest BCUT2D eigenvalue weighted by atomic mass is 10.1. The zero-order chi connectivity index (χ0) is 17.1. The normalized spacial score (nSPS) is 14.3. The molecule has 1 aromatic heterocycles. The molecule has 4 nitrogen and oxygen atoms in total. The summed E-state index contributed by atoms with van der Waals surface area (Å²) in [5.74, 6) is 0.0151. The van der Waals surface area contributed by atoms with Crippen molar-refractivity contribution in [1.82, 2.24) is 15.1 Å². The number of hydrogen-bond acceptors (Lipinski definition) is 2. The summed E-state index contributed by atoms with van der Waals surface area (Å²) >= 11 is 0. The van der Waals surface area contributed by atoms with E-state index < -0.39 is 0 Å². The van der Waals surface area contributed by atoms with Gasteiger partial charge in [0.25, 0.3) is 5.91 Å². The quantitative estimate of drug-likeness (QED) is 0.870. The van der Waals surface area contributed by atoms with Gasteiger partial charge in [-0.3, -0.25) is 4.79 Å². The second kappa shape index (κ2) is 7.16. The van der Waals surface area contributed by atoms with E-state index in [4.69, 9.17) is 0 Å². The van der Waals surface area contributed by atoms with Crippen molar-refractivity contribution >= 4 is 5.91 Å². The van der Waals surface area contributed by atoms with Crippen LogP contribution in [0.4, 0.5) is 4.39 Å². The average Bonchev–Trinajstić information content (AvgIpc) is 2.75. The zero-order valence-electron chi connectivity index (χ0n) is 14.3. The van der Waals surface area contributed by atoms with Gasteiger partial charge in [-0.2, -0.15) is 5.10 Å². The van der Waals surface area contributed by atoms with Crippen LogP contribution >= 0.6 is 0 Å². The number of halogens is 1. The first kappa shape index (κ1) is 16.7. The number of rotatable bonds is 4. The molecular formula is C19H24FN3O. The Hall–Kier alpha value is -2.17. The van der Waals surface area contributed by atoms with Crippen LogP contribution in [0.3, 0.4) is 0 Å². The maximum atomic E-state index is 13.2. The first-order valence-electron chi connectivity index (χ1n) is 8.71. The predicted octanol–water partition coefficient (Wildman–Crippen LogP) is 3.67. The molecule has 3 rings (SSSR count). The number of hydrogen-bond donors (Lipinski definition) is 1. The molecule has 1 amide bonds. The Bertz CT molecular complexity index is 719. The van der Waals surface area contributed by atoms with Gasteiger partial charge in [-0.1, -0.05) is 20.3 Å². The summed E-state index contributed by atoms with van der Waals surface area (Å²) in [6.45, 7) is 4.77. The minimum absolute atomic E-state index is 0.109. The zero-order valence-corrected chi connectivity index (χ0v) is 14.3. The van der Waals surface area contributed by atoms with Gasteiger partial charge in [0, 0.05) is 17.8 Å². The molecular weight excluding hydrogens is 305 g/mol. The third kappa shape index (κ3) is 3.50. The van der Waals surface area contributed by atoms with E-state index in [9.17, 15) is 9.18 Å². The summed E-state index contributed by atoms with van der Waals surface area (Å²) in [7, 11) is 0. The van der Waals surface area contributed by atoms with E-state index in [-0.39, 0.29) is 11.7 Å². The summed E-state index contributed by atoms with van der Waals surface area (Å²) in [4.78, 5) is 12.6. The van der Waals surface area contributed by atoms with E-state index in [0.29, 0.717) is 18.2 Å². The maximum Gasteiger partial charge on any atom is 0.272 e. The number of benzene rings is 1. The van der Waals surface area contributed by atoms with Crippen LogP contribution in [-0.4, -0.2) is 22.2 Å². The standard InChI is InChI=1S/C19H24FN3O/c1-13(2)12-21-19(24)18-16-6-4-3-5-7-17(16)23(22-18)15-10-8-14(20)9-11-15/h8-11,13H,3-7,12H2,1-2H3,(H,21,24). The van der Waals surface area contributed by atoms with Gasteiger partial charge in [-0.15, -0.1) is 0 Å². The lowest BCUT2D eigenvalue weighted by Crippen LogP contribution is -2.28. The van der Waals surface area contributed by atoms with Crippen molar-refractivity contribution in [3.05, 3.63) is 47.0 Å². The van der Waals surface area contributed by atoms with Crippen molar-refractivity contribution in [2.75, 3.05) is 6.54 Å². The fourth-order valence-electron chi connectivity index (χ4n) is 3.13. The Labute approximate surface area is 142 Å². The molecule has 1 aliphatic carbocycles. The van der Waals surface area contributed by atoms with Gasteiger partial charge in [0.2, 0.25) is 0 Å². The van der Waals surface area contributed by atoms with Crippen LogP contribution in [0.5, 0.6) is 0 Å². The smallest absolute Gasteiger partial charge is 0.272 e. The molecule has 1 aliphatic rings. The molecule has 1 N–H and O–H groups in total. The number of fused-ring (bicyclic) bond motifs is 1. The van der Waals surface area contributed by atoms with Gasteiger partial charge in [-0.25, -0.2) is 9.07 Å². The highest BCUT2D eigenvalue weighted by Crippen LogP contribution is 2.26. The topological polar surface area (TPSA) is 46.9 Å². The van der Waals surface area contributed by atoms with E-state index in [0.717, 1.165) is 49.0 Å². The highest BCUT2D eigenvalue weighted by Gasteiger charge is 2.24. The Morgan fingerprint density at radius 1 is 1.21 bits per heavy atom. The third-order valence-electron chi connectivity index (χ3n) is 4.39. The maximum absolute atomic E-state index is 13.2. The molecule has 5 heteroatoms. The van der Waals surface area contributed by atoms with Crippen molar-refractivity contribution in [1.29, 1.82) is 0 Å². The molecule has 0 saturated heterocycles. The molecule has 0 spiro atoms. The monoisotopic (exact) mass is 329 g/mol. The van der Waals surface area contributed by atoms with Gasteiger partial charge in [0.15, 0.2) is 5.69 Å². The fourth-order valence-corrected chi connectivity index (χ4v) is 3.13. The van der Waals surface area contributed by atoms with E-state index in [1.165, 1.54) is 12.1 Å². The third-order valence-corrected chi connectivity index (χ3v) is 4.39. The van der Waals surface area contributed by atoms with E-state index in [1.54, 1.807) is 12.1 Å². The Morgan fingerprint density at radius 2 is 1.92 bits per heavy atom. The van der Waals surface area contributed by atoms with Gasteiger partial charge in [-0.05, 0) is 55.9 Å². The molecule has 0 unspecified atom stereocenters. The summed E-state index contributed by atoms with van der Waals surface area (Å²) in [5, 5.41) is 7.56. The van der Waals surface area contributed by atoms with E-state index >= 15 is 0 Å². The first-order valence-corrected chi connectivity index (χ1v) is 8.71. The van der Waals surface area contributed by atoms with Crippen LogP contribution in [0.15, 0.2) is 24.3 Å². The molecule has 2 aromatic rings. The molecule has 1 heterocycles. The highest BCUT2D eigenvalue weighted by atomic mass is 19.1. The van der Waals surface area contributed by atoms with Crippen molar-refractivity contribution in [3.63, 3.8) is 0 Å². The molecule has 0 aliphatic heterocycles. The molecule has 128 valence electrons.